The summed E-state index contributed by atoms with van der Waals surface area (Å²) in [6, 6.07) is 8.30. The van der Waals surface area contributed by atoms with Crippen LogP contribution in [0.3, 0.4) is 0 Å². The van der Waals surface area contributed by atoms with Crippen LogP contribution in [-0.4, -0.2) is 23.1 Å². The maximum Gasteiger partial charge on any atom is 0.315 e. The Morgan fingerprint density at radius 2 is 2.00 bits per heavy atom. The van der Waals surface area contributed by atoms with E-state index in [1.54, 1.807) is 11.3 Å². The summed E-state index contributed by atoms with van der Waals surface area (Å²) in [6.07, 6.45) is 2.55. The Morgan fingerprint density at radius 3 is 2.59 bits per heavy atom. The van der Waals surface area contributed by atoms with Crippen LogP contribution in [0.5, 0.6) is 0 Å². The van der Waals surface area contributed by atoms with Crippen LogP contribution >= 0.6 is 11.3 Å². The number of carbonyl (C=O) groups excluding carboxylic acids is 1. The highest BCUT2D eigenvalue weighted by atomic mass is 32.1. The third-order valence-corrected chi connectivity index (χ3v) is 4.85. The summed E-state index contributed by atoms with van der Waals surface area (Å²) in [6.45, 7) is 4.71. The number of rotatable bonds is 4. The van der Waals surface area contributed by atoms with Crippen LogP contribution in [0.2, 0.25) is 0 Å². The average Bonchev–Trinajstić information content (AvgIpc) is 3.00. The molecule has 1 heterocycles. The fourth-order valence-electron chi connectivity index (χ4n) is 3.04. The molecule has 0 bridgehead atoms. The van der Waals surface area contributed by atoms with Gasteiger partial charge in [-0.2, -0.15) is 0 Å². The van der Waals surface area contributed by atoms with Gasteiger partial charge in [-0.15, -0.1) is 11.3 Å². The summed E-state index contributed by atoms with van der Waals surface area (Å²) in [5.74, 6) is 0. The van der Waals surface area contributed by atoms with Crippen LogP contribution in [0.25, 0.3) is 0 Å². The van der Waals surface area contributed by atoms with Crippen molar-refractivity contribution in [2.24, 2.45) is 0 Å². The molecular formula is C17H21N3OS. The van der Waals surface area contributed by atoms with Crippen molar-refractivity contribution >= 4 is 17.4 Å². The maximum absolute atomic E-state index is 12.1. The molecule has 3 rings (SSSR count). The fourth-order valence-corrected chi connectivity index (χ4v) is 3.69. The number of hydrogen-bond donors (Lipinski definition) is 2. The first-order valence-electron chi connectivity index (χ1n) is 7.58. The largest absolute Gasteiger partial charge is 0.338 e. The van der Waals surface area contributed by atoms with Gasteiger partial charge in [-0.25, -0.2) is 9.78 Å². The van der Waals surface area contributed by atoms with E-state index in [9.17, 15) is 4.79 Å². The monoisotopic (exact) mass is 315 g/mol. The van der Waals surface area contributed by atoms with E-state index in [0.29, 0.717) is 6.54 Å². The van der Waals surface area contributed by atoms with E-state index in [1.165, 1.54) is 11.1 Å². The Morgan fingerprint density at radius 1 is 1.32 bits per heavy atom. The van der Waals surface area contributed by atoms with Crippen molar-refractivity contribution in [2.75, 3.05) is 6.54 Å². The van der Waals surface area contributed by atoms with E-state index in [-0.39, 0.29) is 11.6 Å². The molecule has 22 heavy (non-hydrogen) atoms. The predicted octanol–water partition coefficient (Wildman–Crippen LogP) is 2.85. The van der Waals surface area contributed by atoms with Gasteiger partial charge < -0.3 is 10.6 Å². The highest BCUT2D eigenvalue weighted by Gasteiger charge is 2.33. The summed E-state index contributed by atoms with van der Waals surface area (Å²) >= 11 is 1.64. The quantitative estimate of drug-likeness (QED) is 0.911. The third kappa shape index (κ3) is 3.47. The molecule has 0 radical (unpaired) electrons. The predicted molar refractivity (Wildman–Crippen MR) is 89.3 cm³/mol. The number of benzene rings is 1. The van der Waals surface area contributed by atoms with Gasteiger partial charge in [0.2, 0.25) is 0 Å². The number of fused-ring (bicyclic) bond motifs is 1. The van der Waals surface area contributed by atoms with E-state index < -0.39 is 0 Å². The first kappa shape index (κ1) is 15.0. The number of hydrogen-bond acceptors (Lipinski definition) is 3. The zero-order valence-electron chi connectivity index (χ0n) is 13.0. The van der Waals surface area contributed by atoms with E-state index in [2.05, 4.69) is 46.8 Å². The lowest BCUT2D eigenvalue weighted by atomic mass is 9.99. The van der Waals surface area contributed by atoms with Gasteiger partial charge in [0.15, 0.2) is 0 Å². The molecule has 2 aromatic rings. The van der Waals surface area contributed by atoms with Gasteiger partial charge in [0.25, 0.3) is 0 Å². The SMILES string of the molecule is Cc1nc(CCNC(=O)NC2(C)Cc3ccccc3C2)cs1. The van der Waals surface area contributed by atoms with Gasteiger partial charge in [-0.3, -0.25) is 0 Å². The van der Waals surface area contributed by atoms with E-state index >= 15 is 0 Å². The lowest BCUT2D eigenvalue weighted by Gasteiger charge is -2.25. The Kier molecular flexibility index (Phi) is 4.16. The summed E-state index contributed by atoms with van der Waals surface area (Å²) < 4.78 is 0. The minimum Gasteiger partial charge on any atom is -0.338 e. The molecule has 0 saturated heterocycles. The fraction of sp³-hybridized carbons (Fsp3) is 0.412. The highest BCUT2D eigenvalue weighted by molar-refractivity contribution is 7.09. The number of amides is 2. The van der Waals surface area contributed by atoms with Crippen LogP contribution in [-0.2, 0) is 19.3 Å². The summed E-state index contributed by atoms with van der Waals surface area (Å²) in [5.41, 5.74) is 3.53. The standard InChI is InChI=1S/C17H21N3OS/c1-12-19-15(11-22-12)7-8-18-16(21)20-17(2)9-13-5-3-4-6-14(13)10-17/h3-6,11H,7-10H2,1-2H3,(H2,18,20,21). The van der Waals surface area contributed by atoms with Gasteiger partial charge in [-0.05, 0) is 37.8 Å². The number of urea groups is 1. The molecule has 1 aromatic heterocycles. The molecule has 0 saturated carbocycles. The van der Waals surface area contributed by atoms with Crippen molar-refractivity contribution in [3.8, 4) is 0 Å². The first-order chi connectivity index (χ1) is 10.5. The van der Waals surface area contributed by atoms with Crippen molar-refractivity contribution in [2.45, 2.75) is 38.6 Å². The Labute approximate surface area is 135 Å². The zero-order valence-corrected chi connectivity index (χ0v) is 13.8. The molecule has 5 heteroatoms. The molecule has 0 fully saturated rings. The third-order valence-electron chi connectivity index (χ3n) is 4.03. The average molecular weight is 315 g/mol. The zero-order chi connectivity index (χ0) is 15.6. The van der Waals surface area contributed by atoms with E-state index in [4.69, 9.17) is 0 Å². The maximum atomic E-state index is 12.1. The van der Waals surface area contributed by atoms with Gasteiger partial charge in [0.1, 0.15) is 0 Å². The molecule has 1 aliphatic rings. The van der Waals surface area contributed by atoms with Gasteiger partial charge >= 0.3 is 6.03 Å². The molecule has 0 unspecified atom stereocenters. The Bertz CT molecular complexity index is 655. The van der Waals surface area contributed by atoms with Crippen LogP contribution in [0.1, 0.15) is 28.8 Å². The number of aryl methyl sites for hydroxylation is 1. The lowest BCUT2D eigenvalue weighted by Crippen LogP contribution is -2.51. The lowest BCUT2D eigenvalue weighted by molar-refractivity contribution is 0.228. The molecule has 116 valence electrons. The number of nitrogens with one attached hydrogen (secondary N) is 2. The summed E-state index contributed by atoms with van der Waals surface area (Å²) in [4.78, 5) is 16.5. The highest BCUT2D eigenvalue weighted by Crippen LogP contribution is 2.29. The number of aromatic nitrogens is 1. The van der Waals surface area contributed by atoms with Crippen molar-refractivity contribution in [1.82, 2.24) is 15.6 Å². The second-order valence-electron chi connectivity index (χ2n) is 6.17. The molecule has 2 N–H and O–H groups in total. The van der Waals surface area contributed by atoms with Crippen LogP contribution < -0.4 is 10.6 Å². The normalized spacial score (nSPS) is 15.4. The molecular weight excluding hydrogens is 294 g/mol. The Hall–Kier alpha value is -1.88. The first-order valence-corrected chi connectivity index (χ1v) is 8.46. The van der Waals surface area contributed by atoms with Crippen LogP contribution in [0.4, 0.5) is 4.79 Å². The Balaban J connectivity index is 1.48. The van der Waals surface area contributed by atoms with Crippen LogP contribution in [0, 0.1) is 6.92 Å². The van der Waals surface area contributed by atoms with Crippen molar-refractivity contribution < 1.29 is 4.79 Å². The molecule has 0 spiro atoms. The van der Waals surface area contributed by atoms with Crippen LogP contribution in [0.15, 0.2) is 29.6 Å². The minimum atomic E-state index is -0.189. The number of nitrogens with zero attached hydrogens (tertiary/aromatic N) is 1. The number of carbonyl (C=O) groups is 1. The molecule has 2 amide bonds. The van der Waals surface area contributed by atoms with Crippen molar-refractivity contribution in [3.05, 3.63) is 51.5 Å². The number of thiazole rings is 1. The van der Waals surface area contributed by atoms with E-state index in [1.807, 2.05) is 12.3 Å². The summed E-state index contributed by atoms with van der Waals surface area (Å²) in [5, 5.41) is 9.17. The smallest absolute Gasteiger partial charge is 0.315 e. The summed E-state index contributed by atoms with van der Waals surface area (Å²) in [7, 11) is 0. The molecule has 0 aliphatic heterocycles. The minimum absolute atomic E-state index is 0.0951. The van der Waals surface area contributed by atoms with E-state index in [0.717, 1.165) is 30.0 Å². The second kappa shape index (κ2) is 6.08. The van der Waals surface area contributed by atoms with Crippen molar-refractivity contribution in [3.63, 3.8) is 0 Å². The van der Waals surface area contributed by atoms with Gasteiger partial charge in [0.05, 0.1) is 10.7 Å². The molecule has 0 atom stereocenters. The van der Waals surface area contributed by atoms with Gasteiger partial charge in [0, 0.05) is 23.9 Å². The van der Waals surface area contributed by atoms with Gasteiger partial charge in [-0.1, -0.05) is 24.3 Å². The molecule has 1 aromatic carbocycles. The molecule has 4 nitrogen and oxygen atoms in total. The topological polar surface area (TPSA) is 54.0 Å². The second-order valence-corrected chi connectivity index (χ2v) is 7.23. The molecule has 1 aliphatic carbocycles. The van der Waals surface area contributed by atoms with Crippen molar-refractivity contribution in [1.29, 1.82) is 0 Å².